The Kier molecular flexibility index (Phi) is 5.32. The summed E-state index contributed by atoms with van der Waals surface area (Å²) in [7, 11) is -3.28. The molecule has 0 aromatic carbocycles. The van der Waals surface area contributed by atoms with Crippen LogP contribution in [0.1, 0.15) is 37.2 Å². The number of carbonyl (C=O) groups excluding carboxylic acids is 2. The lowest BCUT2D eigenvalue weighted by atomic mass is 10.0. The Balaban J connectivity index is 1.81. The fraction of sp³-hybridized carbons (Fsp3) is 0.611. The fourth-order valence-electron chi connectivity index (χ4n) is 3.71. The summed E-state index contributed by atoms with van der Waals surface area (Å²) in [6.07, 6.45) is 2.73. The summed E-state index contributed by atoms with van der Waals surface area (Å²) < 4.78 is 24.5. The molecule has 8 heteroatoms. The van der Waals surface area contributed by atoms with E-state index in [4.69, 9.17) is 0 Å². The third-order valence-electron chi connectivity index (χ3n) is 5.08. The highest BCUT2D eigenvalue weighted by atomic mass is 32.2. The average Bonchev–Trinajstić information content (AvgIpc) is 2.93. The first-order valence-corrected chi connectivity index (χ1v) is 10.8. The number of rotatable bonds is 4. The Morgan fingerprint density at radius 3 is 2.42 bits per heavy atom. The normalized spacial score (nSPS) is 24.6. The first-order valence-electron chi connectivity index (χ1n) is 9.00. The number of nitrogens with zero attached hydrogens (tertiary/aromatic N) is 3. The van der Waals surface area contributed by atoms with E-state index in [0.717, 1.165) is 6.42 Å². The van der Waals surface area contributed by atoms with E-state index in [2.05, 4.69) is 18.8 Å². The number of aromatic nitrogens is 1. The van der Waals surface area contributed by atoms with E-state index >= 15 is 0 Å². The summed E-state index contributed by atoms with van der Waals surface area (Å²) in [6, 6.07) is 4.13. The zero-order chi connectivity index (χ0) is 18.9. The van der Waals surface area contributed by atoms with Gasteiger partial charge in [0.25, 0.3) is 5.91 Å². The Labute approximate surface area is 154 Å². The van der Waals surface area contributed by atoms with E-state index in [-0.39, 0.29) is 23.3 Å². The van der Waals surface area contributed by atoms with E-state index in [9.17, 15) is 18.0 Å². The van der Waals surface area contributed by atoms with Crippen LogP contribution in [0.3, 0.4) is 0 Å². The van der Waals surface area contributed by atoms with Gasteiger partial charge in [-0.1, -0.05) is 19.9 Å². The predicted molar refractivity (Wildman–Crippen MR) is 97.3 cm³/mol. The molecule has 0 spiro atoms. The van der Waals surface area contributed by atoms with Crippen molar-refractivity contribution < 1.29 is 18.0 Å². The molecule has 2 aliphatic heterocycles. The summed E-state index contributed by atoms with van der Waals surface area (Å²) >= 11 is 0. The first kappa shape index (κ1) is 18.8. The molecule has 2 atom stereocenters. The summed E-state index contributed by atoms with van der Waals surface area (Å²) in [6.45, 7) is 4.81. The number of pyridine rings is 1. The summed E-state index contributed by atoms with van der Waals surface area (Å²) in [5.41, 5.74) is 0.301. The molecule has 2 saturated heterocycles. The van der Waals surface area contributed by atoms with E-state index in [1.807, 2.05) is 0 Å². The molecule has 0 radical (unpaired) electrons. The third kappa shape index (κ3) is 3.90. The van der Waals surface area contributed by atoms with Crippen LogP contribution in [0.15, 0.2) is 24.4 Å². The van der Waals surface area contributed by atoms with Gasteiger partial charge in [0.2, 0.25) is 5.91 Å². The zero-order valence-electron chi connectivity index (χ0n) is 15.2. The Morgan fingerprint density at radius 1 is 1.15 bits per heavy atom. The van der Waals surface area contributed by atoms with Crippen molar-refractivity contribution in [2.24, 2.45) is 5.92 Å². The Hall–Kier alpha value is -1.96. The predicted octanol–water partition coefficient (Wildman–Crippen LogP) is 0.968. The summed E-state index contributed by atoms with van der Waals surface area (Å²) in [5, 5.41) is 0. The highest BCUT2D eigenvalue weighted by Crippen LogP contribution is 2.29. The van der Waals surface area contributed by atoms with Crippen molar-refractivity contribution >= 4 is 21.7 Å². The van der Waals surface area contributed by atoms with Crippen LogP contribution in [0.2, 0.25) is 0 Å². The number of fused-ring (bicyclic) bond motifs is 1. The van der Waals surface area contributed by atoms with Crippen molar-refractivity contribution in [3.63, 3.8) is 0 Å². The molecular formula is C18H25N3O4S. The number of hydrogen-bond acceptors (Lipinski definition) is 5. The molecule has 7 nitrogen and oxygen atoms in total. The van der Waals surface area contributed by atoms with Gasteiger partial charge in [-0.05, 0) is 24.5 Å². The molecule has 142 valence electrons. The molecule has 0 unspecified atom stereocenters. The van der Waals surface area contributed by atoms with Crippen molar-refractivity contribution in [1.82, 2.24) is 14.8 Å². The summed E-state index contributed by atoms with van der Waals surface area (Å²) in [4.78, 5) is 32.8. The standard InChI is InChI=1S/C18H25N3O4S/c1-13(2)6-7-17(22)20-9-10-21(16-12-26(24,25)11-15(16)20)18(23)14-5-3-4-8-19-14/h3-5,8,13,15-16H,6-7,9-12H2,1-2H3/t15-,16+/m0/s1. The highest BCUT2D eigenvalue weighted by Gasteiger charge is 2.49. The van der Waals surface area contributed by atoms with Crippen molar-refractivity contribution in [3.8, 4) is 0 Å². The van der Waals surface area contributed by atoms with Crippen LogP contribution in [0.25, 0.3) is 0 Å². The number of sulfone groups is 1. The van der Waals surface area contributed by atoms with Crippen molar-refractivity contribution in [3.05, 3.63) is 30.1 Å². The van der Waals surface area contributed by atoms with Crippen molar-refractivity contribution in [2.75, 3.05) is 24.6 Å². The number of piperazine rings is 1. The molecule has 2 aliphatic rings. The van der Waals surface area contributed by atoms with E-state index < -0.39 is 21.9 Å². The zero-order valence-corrected chi connectivity index (χ0v) is 16.0. The second kappa shape index (κ2) is 7.34. The van der Waals surface area contributed by atoms with E-state index in [1.165, 1.54) is 0 Å². The van der Waals surface area contributed by atoms with Crippen molar-refractivity contribution in [1.29, 1.82) is 0 Å². The van der Waals surface area contributed by atoms with Crippen LogP contribution in [-0.4, -0.2) is 71.7 Å². The van der Waals surface area contributed by atoms with Crippen LogP contribution in [-0.2, 0) is 14.6 Å². The SMILES string of the molecule is CC(C)CCC(=O)N1CCN(C(=O)c2ccccn2)[C@@H]2CS(=O)(=O)C[C@@H]21. The second-order valence-corrected chi connectivity index (χ2v) is 9.60. The lowest BCUT2D eigenvalue weighted by Gasteiger charge is -2.43. The molecule has 3 heterocycles. The van der Waals surface area contributed by atoms with Crippen LogP contribution < -0.4 is 0 Å². The van der Waals surface area contributed by atoms with Crippen molar-refractivity contribution in [2.45, 2.75) is 38.8 Å². The van der Waals surface area contributed by atoms with E-state index in [1.54, 1.807) is 34.2 Å². The highest BCUT2D eigenvalue weighted by molar-refractivity contribution is 7.91. The van der Waals surface area contributed by atoms with Gasteiger partial charge in [-0.2, -0.15) is 0 Å². The monoisotopic (exact) mass is 379 g/mol. The molecule has 0 aliphatic carbocycles. The Morgan fingerprint density at radius 2 is 1.81 bits per heavy atom. The maximum atomic E-state index is 12.8. The minimum atomic E-state index is -3.28. The van der Waals surface area contributed by atoms with Crippen LogP contribution in [0.5, 0.6) is 0 Å². The van der Waals surface area contributed by atoms with Gasteiger partial charge < -0.3 is 9.80 Å². The third-order valence-corrected chi connectivity index (χ3v) is 6.78. The van der Waals surface area contributed by atoms with Gasteiger partial charge in [0.05, 0.1) is 23.6 Å². The maximum absolute atomic E-state index is 12.8. The van der Waals surface area contributed by atoms with Crippen LogP contribution in [0, 0.1) is 5.92 Å². The molecule has 0 bridgehead atoms. The summed E-state index contributed by atoms with van der Waals surface area (Å²) in [5.74, 6) is -0.0434. The van der Waals surface area contributed by atoms with Gasteiger partial charge in [0.15, 0.2) is 9.84 Å². The van der Waals surface area contributed by atoms with Gasteiger partial charge in [0.1, 0.15) is 5.69 Å². The Bertz CT molecular complexity index is 779. The molecular weight excluding hydrogens is 354 g/mol. The van der Waals surface area contributed by atoms with Gasteiger partial charge in [-0.15, -0.1) is 0 Å². The maximum Gasteiger partial charge on any atom is 0.272 e. The molecule has 3 rings (SSSR count). The average molecular weight is 379 g/mol. The molecule has 1 aromatic heterocycles. The van der Waals surface area contributed by atoms with Crippen LogP contribution in [0.4, 0.5) is 0 Å². The second-order valence-electron chi connectivity index (χ2n) is 7.44. The van der Waals surface area contributed by atoms with Gasteiger partial charge in [0, 0.05) is 25.7 Å². The lowest BCUT2D eigenvalue weighted by Crippen LogP contribution is -2.62. The van der Waals surface area contributed by atoms with E-state index in [0.29, 0.717) is 31.1 Å². The molecule has 0 N–H and O–H groups in total. The lowest BCUT2D eigenvalue weighted by molar-refractivity contribution is -0.136. The minimum Gasteiger partial charge on any atom is -0.335 e. The number of carbonyl (C=O) groups is 2. The largest absolute Gasteiger partial charge is 0.335 e. The molecule has 2 amide bonds. The topological polar surface area (TPSA) is 87.7 Å². The number of amides is 2. The number of hydrogen-bond donors (Lipinski definition) is 0. The first-order chi connectivity index (χ1) is 12.3. The van der Waals surface area contributed by atoms with Gasteiger partial charge in [-0.25, -0.2) is 8.42 Å². The molecule has 2 fully saturated rings. The quantitative estimate of drug-likeness (QED) is 0.778. The van der Waals surface area contributed by atoms with Gasteiger partial charge >= 0.3 is 0 Å². The van der Waals surface area contributed by atoms with Crippen LogP contribution >= 0.6 is 0 Å². The minimum absolute atomic E-state index is 0.0178. The molecule has 1 aromatic rings. The molecule has 26 heavy (non-hydrogen) atoms. The smallest absolute Gasteiger partial charge is 0.272 e. The molecule has 0 saturated carbocycles. The fourth-order valence-corrected chi connectivity index (χ4v) is 5.69. The van der Waals surface area contributed by atoms with Gasteiger partial charge in [-0.3, -0.25) is 14.6 Å².